The van der Waals surface area contributed by atoms with Gasteiger partial charge in [0.15, 0.2) is 0 Å². The SMILES string of the molecule is CC.COC(C)(C)C.CSC1CCN(C=O)CC1. The van der Waals surface area contributed by atoms with Gasteiger partial charge in [0, 0.05) is 25.4 Å². The van der Waals surface area contributed by atoms with Gasteiger partial charge in [-0.05, 0) is 39.9 Å². The fraction of sp³-hybridized carbons (Fsp3) is 0.929. The molecule has 1 heterocycles. The van der Waals surface area contributed by atoms with Crippen LogP contribution >= 0.6 is 11.8 Å². The Morgan fingerprint density at radius 3 is 1.83 bits per heavy atom. The van der Waals surface area contributed by atoms with E-state index < -0.39 is 0 Å². The minimum atomic E-state index is 0.0417. The van der Waals surface area contributed by atoms with E-state index in [1.54, 1.807) is 7.11 Å². The van der Waals surface area contributed by atoms with Gasteiger partial charge in [0.25, 0.3) is 0 Å². The zero-order valence-corrected chi connectivity index (χ0v) is 14.0. The molecule has 0 aliphatic carbocycles. The van der Waals surface area contributed by atoms with Crippen molar-refractivity contribution in [2.45, 2.75) is 58.3 Å². The molecule has 0 atom stereocenters. The highest BCUT2D eigenvalue weighted by molar-refractivity contribution is 7.99. The van der Waals surface area contributed by atoms with Crippen molar-refractivity contribution in [2.75, 3.05) is 26.5 Å². The van der Waals surface area contributed by atoms with Gasteiger partial charge in [-0.3, -0.25) is 4.79 Å². The first-order valence-corrected chi connectivity index (χ1v) is 7.99. The number of rotatable bonds is 2. The number of carbonyl (C=O) groups is 1. The van der Waals surface area contributed by atoms with Gasteiger partial charge in [-0.25, -0.2) is 0 Å². The Morgan fingerprint density at radius 1 is 1.22 bits per heavy atom. The summed E-state index contributed by atoms with van der Waals surface area (Å²) >= 11 is 1.92. The van der Waals surface area contributed by atoms with Crippen molar-refractivity contribution in [3.8, 4) is 0 Å². The lowest BCUT2D eigenvalue weighted by atomic mass is 10.1. The zero-order valence-electron chi connectivity index (χ0n) is 13.2. The van der Waals surface area contributed by atoms with E-state index in [9.17, 15) is 4.79 Å². The molecular weight excluding hydrogens is 246 g/mol. The number of amides is 1. The summed E-state index contributed by atoms with van der Waals surface area (Å²) < 4.78 is 4.94. The molecule has 1 aliphatic heterocycles. The summed E-state index contributed by atoms with van der Waals surface area (Å²) in [4.78, 5) is 12.1. The van der Waals surface area contributed by atoms with Crippen molar-refractivity contribution in [3.63, 3.8) is 0 Å². The van der Waals surface area contributed by atoms with E-state index >= 15 is 0 Å². The maximum absolute atomic E-state index is 10.3. The molecule has 1 rings (SSSR count). The molecule has 1 amide bonds. The van der Waals surface area contributed by atoms with E-state index in [1.807, 2.05) is 51.3 Å². The fourth-order valence-corrected chi connectivity index (χ4v) is 1.90. The van der Waals surface area contributed by atoms with Gasteiger partial charge < -0.3 is 9.64 Å². The number of likely N-dealkylation sites (tertiary alicyclic amines) is 1. The summed E-state index contributed by atoms with van der Waals surface area (Å²) in [6, 6.07) is 0. The highest BCUT2D eigenvalue weighted by Crippen LogP contribution is 2.19. The third-order valence-corrected chi connectivity index (χ3v) is 3.71. The Bertz CT molecular complexity index is 185. The summed E-state index contributed by atoms with van der Waals surface area (Å²) in [6.45, 7) is 12.0. The summed E-state index contributed by atoms with van der Waals surface area (Å²) in [5.41, 5.74) is 0.0417. The normalized spacial score (nSPS) is 16.1. The fourth-order valence-electron chi connectivity index (χ4n) is 1.22. The summed E-state index contributed by atoms with van der Waals surface area (Å²) in [6.07, 6.45) is 5.43. The van der Waals surface area contributed by atoms with Crippen molar-refractivity contribution in [3.05, 3.63) is 0 Å². The molecule has 0 bridgehead atoms. The van der Waals surface area contributed by atoms with Crippen LogP contribution in [0.2, 0.25) is 0 Å². The first-order valence-electron chi connectivity index (χ1n) is 6.70. The molecule has 0 N–H and O–H groups in total. The number of hydrogen-bond acceptors (Lipinski definition) is 3. The van der Waals surface area contributed by atoms with E-state index in [-0.39, 0.29) is 5.60 Å². The molecule has 0 saturated carbocycles. The molecule has 3 nitrogen and oxygen atoms in total. The third-order valence-electron chi connectivity index (χ3n) is 2.57. The second kappa shape index (κ2) is 11.8. The van der Waals surface area contributed by atoms with Crippen LogP contribution in [0.5, 0.6) is 0 Å². The molecular formula is C14H31NO2S. The number of ether oxygens (including phenoxy) is 1. The molecule has 1 fully saturated rings. The molecule has 4 heteroatoms. The van der Waals surface area contributed by atoms with Gasteiger partial charge in [-0.15, -0.1) is 0 Å². The van der Waals surface area contributed by atoms with E-state index in [0.29, 0.717) is 0 Å². The molecule has 0 unspecified atom stereocenters. The van der Waals surface area contributed by atoms with E-state index in [4.69, 9.17) is 4.74 Å². The lowest BCUT2D eigenvalue weighted by Gasteiger charge is -2.27. The Morgan fingerprint density at radius 2 is 1.61 bits per heavy atom. The molecule has 0 aromatic rings. The van der Waals surface area contributed by atoms with Crippen LogP contribution < -0.4 is 0 Å². The molecule has 0 aromatic heterocycles. The molecule has 0 spiro atoms. The van der Waals surface area contributed by atoms with Crippen LogP contribution in [0, 0.1) is 0 Å². The largest absolute Gasteiger partial charge is 0.379 e. The number of piperidine rings is 1. The number of hydrogen-bond donors (Lipinski definition) is 0. The van der Waals surface area contributed by atoms with Crippen molar-refractivity contribution >= 4 is 18.2 Å². The van der Waals surface area contributed by atoms with E-state index in [2.05, 4.69) is 6.26 Å². The zero-order chi connectivity index (χ0) is 14.6. The second-order valence-corrected chi connectivity index (χ2v) is 6.03. The Labute approximate surface area is 118 Å². The maximum Gasteiger partial charge on any atom is 0.209 e. The van der Waals surface area contributed by atoms with Crippen LogP contribution in [0.25, 0.3) is 0 Å². The highest BCUT2D eigenvalue weighted by atomic mass is 32.2. The van der Waals surface area contributed by atoms with Gasteiger partial charge in [0.1, 0.15) is 0 Å². The third kappa shape index (κ3) is 12.2. The maximum atomic E-state index is 10.3. The minimum absolute atomic E-state index is 0.0417. The first-order chi connectivity index (χ1) is 8.42. The quantitative estimate of drug-likeness (QED) is 0.724. The molecule has 0 radical (unpaired) electrons. The van der Waals surface area contributed by atoms with Gasteiger partial charge in [0.2, 0.25) is 6.41 Å². The number of carbonyl (C=O) groups excluding carboxylic acids is 1. The molecule has 1 aliphatic rings. The lowest BCUT2D eigenvalue weighted by molar-refractivity contribution is -0.118. The molecule has 1 saturated heterocycles. The number of thioether (sulfide) groups is 1. The average Bonchev–Trinajstić information content (AvgIpc) is 2.41. The lowest BCUT2D eigenvalue weighted by Crippen LogP contribution is -2.33. The summed E-state index contributed by atoms with van der Waals surface area (Å²) in [5.74, 6) is 0. The predicted octanol–water partition coefficient (Wildman–Crippen LogP) is 3.43. The van der Waals surface area contributed by atoms with Gasteiger partial charge in [-0.1, -0.05) is 13.8 Å². The van der Waals surface area contributed by atoms with Crippen LogP contribution in [0.3, 0.4) is 0 Å². The van der Waals surface area contributed by atoms with Crippen molar-refractivity contribution < 1.29 is 9.53 Å². The summed E-state index contributed by atoms with van der Waals surface area (Å²) in [7, 11) is 1.71. The van der Waals surface area contributed by atoms with Gasteiger partial charge in [0.05, 0.1) is 5.60 Å². The first kappa shape index (κ1) is 20.1. The minimum Gasteiger partial charge on any atom is -0.379 e. The van der Waals surface area contributed by atoms with Gasteiger partial charge >= 0.3 is 0 Å². The average molecular weight is 277 g/mol. The second-order valence-electron chi connectivity index (χ2n) is 4.89. The topological polar surface area (TPSA) is 29.5 Å². The van der Waals surface area contributed by atoms with Crippen LogP contribution in [-0.2, 0) is 9.53 Å². The van der Waals surface area contributed by atoms with Crippen molar-refractivity contribution in [1.29, 1.82) is 0 Å². The van der Waals surface area contributed by atoms with Crippen LogP contribution in [-0.4, -0.2) is 48.6 Å². The van der Waals surface area contributed by atoms with Crippen molar-refractivity contribution in [1.82, 2.24) is 4.90 Å². The Hall–Kier alpha value is -0.220. The number of nitrogens with zero attached hydrogens (tertiary/aromatic N) is 1. The monoisotopic (exact) mass is 277 g/mol. The van der Waals surface area contributed by atoms with Crippen molar-refractivity contribution in [2.24, 2.45) is 0 Å². The summed E-state index contributed by atoms with van der Waals surface area (Å²) in [5, 5.41) is 0.788. The van der Waals surface area contributed by atoms with Crippen LogP contribution in [0.4, 0.5) is 0 Å². The van der Waals surface area contributed by atoms with E-state index in [0.717, 1.165) is 24.7 Å². The molecule has 18 heavy (non-hydrogen) atoms. The predicted molar refractivity (Wildman–Crippen MR) is 82.3 cm³/mol. The Kier molecular flexibility index (Phi) is 13.2. The molecule has 0 aromatic carbocycles. The highest BCUT2D eigenvalue weighted by Gasteiger charge is 2.15. The van der Waals surface area contributed by atoms with Crippen LogP contribution in [0.15, 0.2) is 0 Å². The van der Waals surface area contributed by atoms with Gasteiger partial charge in [-0.2, -0.15) is 11.8 Å². The Balaban J connectivity index is 0. The van der Waals surface area contributed by atoms with E-state index in [1.165, 1.54) is 12.8 Å². The van der Waals surface area contributed by atoms with Crippen LogP contribution in [0.1, 0.15) is 47.5 Å². The smallest absolute Gasteiger partial charge is 0.209 e. The molecule has 110 valence electrons. The standard InChI is InChI=1S/C7H13NOS.C5H12O.C2H6/c1-10-7-2-4-8(6-9)5-3-7;1-5(2,3)6-4;1-2/h6-7H,2-5H2,1H3;1-4H3;1-2H3. The number of methoxy groups -OCH3 is 1.